The number of nitro benzene ring substituents is 1. The fourth-order valence-electron chi connectivity index (χ4n) is 4.23. The number of hydrogen-bond acceptors (Lipinski definition) is 6. The van der Waals surface area contributed by atoms with Crippen molar-refractivity contribution in [2.75, 3.05) is 32.8 Å². The van der Waals surface area contributed by atoms with Crippen molar-refractivity contribution in [1.29, 1.82) is 0 Å². The molecule has 0 radical (unpaired) electrons. The molecule has 0 unspecified atom stereocenters. The van der Waals surface area contributed by atoms with Gasteiger partial charge in [0.15, 0.2) is 0 Å². The smallest absolute Gasteiger partial charge is 0.309 e. The molecule has 1 fully saturated rings. The zero-order valence-corrected chi connectivity index (χ0v) is 21.1. The summed E-state index contributed by atoms with van der Waals surface area (Å²) >= 11 is 0. The van der Waals surface area contributed by atoms with E-state index in [1.165, 1.54) is 18.2 Å². The lowest BCUT2D eigenvalue weighted by Gasteiger charge is -2.31. The van der Waals surface area contributed by atoms with Gasteiger partial charge in [-0.25, -0.2) is 0 Å². The Labute approximate surface area is 216 Å². The number of likely N-dealkylation sites (tertiary alicyclic amines) is 1. The fraction of sp³-hybridized carbons (Fsp3) is 0.393. The van der Waals surface area contributed by atoms with Gasteiger partial charge in [-0.05, 0) is 55.5 Å². The molecule has 2 amide bonds. The molecule has 0 aromatic heterocycles. The molecule has 3 rings (SSSR count). The van der Waals surface area contributed by atoms with E-state index >= 15 is 0 Å². The van der Waals surface area contributed by atoms with E-state index < -0.39 is 4.92 Å². The predicted octanol–water partition coefficient (Wildman–Crippen LogP) is 3.87. The molecule has 9 nitrogen and oxygen atoms in total. The van der Waals surface area contributed by atoms with Crippen LogP contribution in [0.2, 0.25) is 0 Å². The number of benzene rings is 2. The lowest BCUT2D eigenvalue weighted by molar-refractivity contribution is -0.384. The minimum Gasteiger partial charge on any atom is -0.466 e. The highest BCUT2D eigenvalue weighted by Crippen LogP contribution is 2.19. The van der Waals surface area contributed by atoms with Gasteiger partial charge < -0.3 is 14.5 Å². The van der Waals surface area contributed by atoms with Gasteiger partial charge in [0.2, 0.25) is 11.8 Å². The van der Waals surface area contributed by atoms with Crippen molar-refractivity contribution in [3.63, 3.8) is 0 Å². The third-order valence-corrected chi connectivity index (χ3v) is 6.41. The Morgan fingerprint density at radius 2 is 1.73 bits per heavy atom. The second-order valence-electron chi connectivity index (χ2n) is 8.90. The lowest BCUT2D eigenvalue weighted by atomic mass is 9.97. The number of amides is 2. The minimum absolute atomic E-state index is 0.0160. The van der Waals surface area contributed by atoms with Crippen molar-refractivity contribution < 1.29 is 24.0 Å². The Balaban J connectivity index is 1.59. The number of nitrogens with zero attached hydrogens (tertiary/aromatic N) is 3. The maximum atomic E-state index is 13.0. The molecule has 37 heavy (non-hydrogen) atoms. The second-order valence-corrected chi connectivity index (χ2v) is 8.90. The van der Waals surface area contributed by atoms with E-state index in [-0.39, 0.29) is 42.4 Å². The number of ether oxygens (including phenoxy) is 1. The Kier molecular flexibility index (Phi) is 10.4. The quantitative estimate of drug-likeness (QED) is 0.198. The molecule has 0 spiro atoms. The molecule has 1 saturated heterocycles. The fourth-order valence-corrected chi connectivity index (χ4v) is 4.23. The number of carbonyl (C=O) groups is 3. The zero-order chi connectivity index (χ0) is 26.6. The number of esters is 1. The molecular weight excluding hydrogens is 474 g/mol. The van der Waals surface area contributed by atoms with Crippen LogP contribution in [0.5, 0.6) is 0 Å². The number of hydrogen-bond donors (Lipinski definition) is 0. The van der Waals surface area contributed by atoms with E-state index in [1.807, 2.05) is 30.3 Å². The molecule has 0 aliphatic carbocycles. The molecule has 0 N–H and O–H groups in total. The Bertz CT molecular complexity index is 1090. The summed E-state index contributed by atoms with van der Waals surface area (Å²) in [5, 5.41) is 10.8. The van der Waals surface area contributed by atoms with Gasteiger partial charge in [0.05, 0.1) is 17.4 Å². The van der Waals surface area contributed by atoms with Crippen molar-refractivity contribution >= 4 is 29.5 Å². The monoisotopic (exact) mass is 507 g/mol. The van der Waals surface area contributed by atoms with Crippen LogP contribution in [0.3, 0.4) is 0 Å². The molecule has 1 aliphatic heterocycles. The molecule has 0 bridgehead atoms. The summed E-state index contributed by atoms with van der Waals surface area (Å²) in [4.78, 5) is 51.6. The average molecular weight is 508 g/mol. The van der Waals surface area contributed by atoms with Gasteiger partial charge in [-0.2, -0.15) is 0 Å². The number of non-ortho nitro benzene ring substituents is 1. The van der Waals surface area contributed by atoms with E-state index in [4.69, 9.17) is 4.74 Å². The SMILES string of the molecule is CCOC(=O)C1CCN(C(=O)CCN(CCc2ccccc2)C(=O)/C=C/c2ccc([N+](=O)[O-])cc2)CC1. The highest BCUT2D eigenvalue weighted by atomic mass is 16.6. The van der Waals surface area contributed by atoms with Gasteiger partial charge in [-0.3, -0.25) is 24.5 Å². The number of rotatable bonds is 11. The minimum atomic E-state index is -0.472. The second kappa shape index (κ2) is 13.9. The zero-order valence-electron chi connectivity index (χ0n) is 21.1. The van der Waals surface area contributed by atoms with Gasteiger partial charge in [-0.15, -0.1) is 0 Å². The van der Waals surface area contributed by atoms with Gasteiger partial charge >= 0.3 is 5.97 Å². The summed E-state index contributed by atoms with van der Waals surface area (Å²) in [6, 6.07) is 15.8. The lowest BCUT2D eigenvalue weighted by Crippen LogP contribution is -2.42. The van der Waals surface area contributed by atoms with Crippen LogP contribution >= 0.6 is 0 Å². The molecule has 2 aromatic carbocycles. The summed E-state index contributed by atoms with van der Waals surface area (Å²) in [5.41, 5.74) is 1.74. The van der Waals surface area contributed by atoms with E-state index in [2.05, 4.69) is 0 Å². The molecule has 0 atom stereocenters. The van der Waals surface area contributed by atoms with Crippen molar-refractivity contribution in [3.05, 3.63) is 81.9 Å². The molecule has 1 heterocycles. The largest absolute Gasteiger partial charge is 0.466 e. The summed E-state index contributed by atoms with van der Waals surface area (Å²) in [5.74, 6) is -0.646. The van der Waals surface area contributed by atoms with Gasteiger partial charge in [0, 0.05) is 50.8 Å². The van der Waals surface area contributed by atoms with Crippen LogP contribution in [0, 0.1) is 16.0 Å². The van der Waals surface area contributed by atoms with Crippen LogP contribution in [0.15, 0.2) is 60.7 Å². The van der Waals surface area contributed by atoms with Crippen LogP contribution in [-0.4, -0.2) is 65.3 Å². The summed E-state index contributed by atoms with van der Waals surface area (Å²) in [6.45, 7) is 3.85. The summed E-state index contributed by atoms with van der Waals surface area (Å²) in [7, 11) is 0. The van der Waals surface area contributed by atoms with E-state index in [0.29, 0.717) is 51.1 Å². The maximum Gasteiger partial charge on any atom is 0.309 e. The number of piperidine rings is 1. The Morgan fingerprint density at radius 1 is 1.05 bits per heavy atom. The molecule has 9 heteroatoms. The molecule has 2 aromatic rings. The number of carbonyl (C=O) groups excluding carboxylic acids is 3. The average Bonchev–Trinajstić information content (AvgIpc) is 2.92. The molecule has 196 valence electrons. The molecule has 0 saturated carbocycles. The standard InChI is InChI=1S/C28H33N3O6/c1-2-37-28(34)24-15-19-30(20-16-24)27(33)17-21-29(18-14-22-6-4-3-5-7-22)26(32)13-10-23-8-11-25(12-9-23)31(35)36/h3-13,24H,2,14-21H2,1H3/b13-10+. The van der Waals surface area contributed by atoms with Crippen molar-refractivity contribution in [1.82, 2.24) is 9.80 Å². The first-order valence-electron chi connectivity index (χ1n) is 12.6. The number of nitro groups is 1. The summed E-state index contributed by atoms with van der Waals surface area (Å²) < 4.78 is 5.09. The predicted molar refractivity (Wildman–Crippen MR) is 139 cm³/mol. The molecule has 1 aliphatic rings. The van der Waals surface area contributed by atoms with E-state index in [0.717, 1.165) is 5.56 Å². The highest BCUT2D eigenvalue weighted by molar-refractivity contribution is 5.92. The van der Waals surface area contributed by atoms with Crippen molar-refractivity contribution in [3.8, 4) is 0 Å². The van der Waals surface area contributed by atoms with Gasteiger partial charge in [0.1, 0.15) is 0 Å². The van der Waals surface area contributed by atoms with Gasteiger partial charge in [-0.1, -0.05) is 30.3 Å². The van der Waals surface area contributed by atoms with Crippen molar-refractivity contribution in [2.45, 2.75) is 32.6 Å². The van der Waals surface area contributed by atoms with Crippen LogP contribution in [0.4, 0.5) is 5.69 Å². The van der Waals surface area contributed by atoms with Crippen LogP contribution < -0.4 is 0 Å². The summed E-state index contributed by atoms with van der Waals surface area (Å²) in [6.07, 6.45) is 5.05. The Hall–Kier alpha value is -4.01. The van der Waals surface area contributed by atoms with Crippen LogP contribution in [-0.2, 0) is 25.5 Å². The first-order chi connectivity index (χ1) is 17.9. The Morgan fingerprint density at radius 3 is 2.35 bits per heavy atom. The van der Waals surface area contributed by atoms with Gasteiger partial charge in [0.25, 0.3) is 5.69 Å². The third kappa shape index (κ3) is 8.56. The highest BCUT2D eigenvalue weighted by Gasteiger charge is 2.28. The van der Waals surface area contributed by atoms with Crippen molar-refractivity contribution in [2.24, 2.45) is 5.92 Å². The molecular formula is C28H33N3O6. The third-order valence-electron chi connectivity index (χ3n) is 6.41. The maximum absolute atomic E-state index is 13.0. The van der Waals surface area contributed by atoms with E-state index in [1.54, 1.807) is 34.9 Å². The first-order valence-corrected chi connectivity index (χ1v) is 12.6. The normalized spacial score (nSPS) is 13.9. The van der Waals surface area contributed by atoms with Crippen LogP contribution in [0.1, 0.15) is 37.3 Å². The van der Waals surface area contributed by atoms with E-state index in [9.17, 15) is 24.5 Å². The first kappa shape index (κ1) is 27.6. The van der Waals surface area contributed by atoms with Crippen LogP contribution in [0.25, 0.3) is 6.08 Å². The topological polar surface area (TPSA) is 110 Å².